The van der Waals surface area contributed by atoms with Crippen molar-refractivity contribution >= 4 is 32.4 Å². The Bertz CT molecular complexity index is 1380. The molecule has 1 fully saturated rings. The Morgan fingerprint density at radius 2 is 1.59 bits per heavy atom. The van der Waals surface area contributed by atoms with E-state index in [1.807, 2.05) is 24.3 Å². The van der Waals surface area contributed by atoms with Crippen molar-refractivity contribution in [2.75, 3.05) is 47.3 Å². The van der Waals surface area contributed by atoms with Crippen molar-refractivity contribution in [2.24, 2.45) is 0 Å². The lowest BCUT2D eigenvalue weighted by molar-refractivity contribution is 0.174. The smallest absolute Gasteiger partial charge is 0.231 e. The van der Waals surface area contributed by atoms with E-state index in [0.717, 1.165) is 56.9 Å². The second kappa shape index (κ2) is 8.72. The van der Waals surface area contributed by atoms with Gasteiger partial charge in [0.15, 0.2) is 23.0 Å². The van der Waals surface area contributed by atoms with Crippen LogP contribution in [0.1, 0.15) is 19.3 Å². The minimum atomic E-state index is 0.238. The first-order valence-electron chi connectivity index (χ1n) is 11.8. The summed E-state index contributed by atoms with van der Waals surface area (Å²) >= 11 is 0. The van der Waals surface area contributed by atoms with Crippen molar-refractivity contribution in [3.8, 4) is 28.9 Å². The van der Waals surface area contributed by atoms with E-state index in [1.165, 1.54) is 25.9 Å². The summed E-state index contributed by atoms with van der Waals surface area (Å²) in [5.74, 6) is 3.44. The molecule has 1 saturated heterocycles. The molecule has 0 radical (unpaired) electrons. The van der Waals surface area contributed by atoms with Crippen molar-refractivity contribution in [1.82, 2.24) is 9.88 Å². The average Bonchev–Trinajstić information content (AvgIpc) is 3.56. The quantitative estimate of drug-likeness (QED) is 0.279. The zero-order valence-electron chi connectivity index (χ0n) is 19.6. The van der Waals surface area contributed by atoms with Crippen LogP contribution in [0.25, 0.3) is 32.4 Å². The van der Waals surface area contributed by atoms with Gasteiger partial charge < -0.3 is 28.6 Å². The maximum Gasteiger partial charge on any atom is 0.231 e. The van der Waals surface area contributed by atoms with Crippen LogP contribution in [-0.4, -0.2) is 57.1 Å². The molecular formula is C27H28N2O5. The molecule has 7 nitrogen and oxygen atoms in total. The highest BCUT2D eigenvalue weighted by Gasteiger charge is 2.20. The topological polar surface area (TPSA) is 62.3 Å². The van der Waals surface area contributed by atoms with E-state index in [4.69, 9.17) is 28.7 Å². The van der Waals surface area contributed by atoms with Gasteiger partial charge in [-0.3, -0.25) is 0 Å². The Labute approximate surface area is 198 Å². The predicted octanol–water partition coefficient (Wildman–Crippen LogP) is 5.15. The molecule has 0 saturated carbocycles. The van der Waals surface area contributed by atoms with E-state index >= 15 is 0 Å². The summed E-state index contributed by atoms with van der Waals surface area (Å²) in [5.41, 5.74) is 0.866. The zero-order valence-corrected chi connectivity index (χ0v) is 19.6. The van der Waals surface area contributed by atoms with Gasteiger partial charge in [0.05, 0.1) is 26.3 Å². The van der Waals surface area contributed by atoms with Gasteiger partial charge in [0.2, 0.25) is 12.7 Å². The van der Waals surface area contributed by atoms with E-state index in [1.54, 1.807) is 14.2 Å². The first-order valence-corrected chi connectivity index (χ1v) is 11.8. The van der Waals surface area contributed by atoms with Crippen LogP contribution in [-0.2, 0) is 0 Å². The Morgan fingerprint density at radius 3 is 2.35 bits per heavy atom. The Hall–Kier alpha value is -3.45. The second-order valence-electron chi connectivity index (χ2n) is 8.81. The number of hydrogen-bond acceptors (Lipinski definition) is 7. The molecule has 176 valence electrons. The van der Waals surface area contributed by atoms with Crippen molar-refractivity contribution < 1.29 is 23.7 Å². The number of likely N-dealkylation sites (tertiary alicyclic amines) is 1. The third-order valence-corrected chi connectivity index (χ3v) is 6.80. The molecule has 7 heteroatoms. The highest BCUT2D eigenvalue weighted by Crippen LogP contribution is 2.43. The number of nitrogens with zero attached hydrogens (tertiary/aromatic N) is 2. The van der Waals surface area contributed by atoms with Gasteiger partial charge in [-0.2, -0.15) is 0 Å². The third-order valence-electron chi connectivity index (χ3n) is 6.80. The van der Waals surface area contributed by atoms with Crippen LogP contribution in [0.3, 0.4) is 0 Å². The minimum Gasteiger partial charge on any atom is -0.493 e. The van der Waals surface area contributed by atoms with Crippen molar-refractivity contribution in [3.05, 3.63) is 36.4 Å². The van der Waals surface area contributed by atoms with Crippen LogP contribution in [0, 0.1) is 0 Å². The molecule has 0 spiro atoms. The highest BCUT2D eigenvalue weighted by molar-refractivity contribution is 6.17. The van der Waals surface area contributed by atoms with Gasteiger partial charge in [-0.1, -0.05) is 12.1 Å². The third kappa shape index (κ3) is 3.60. The van der Waals surface area contributed by atoms with Crippen LogP contribution >= 0.6 is 0 Å². The molecular weight excluding hydrogens is 432 g/mol. The standard InChI is InChI=1S/C27H28N2O5/c1-30-22-14-20-18-7-6-17-12-24-25(34-16-33-24)13-19(17)26(18)28-27(21(20)15-23(22)31-2)32-11-5-10-29-8-3-4-9-29/h6-7,12-15H,3-5,8-11,16H2,1-2H3. The molecule has 2 aliphatic heterocycles. The van der Waals surface area contributed by atoms with Crippen molar-refractivity contribution in [3.63, 3.8) is 0 Å². The SMILES string of the molecule is COc1cc2c(OCCCN3CCCC3)nc3c4cc5c(cc4ccc3c2cc1OC)OCO5. The number of ether oxygens (including phenoxy) is 5. The number of benzene rings is 3. The molecule has 0 atom stereocenters. The number of hydrogen-bond donors (Lipinski definition) is 0. The Kier molecular flexibility index (Phi) is 5.41. The van der Waals surface area contributed by atoms with Gasteiger partial charge in [-0.15, -0.1) is 0 Å². The van der Waals surface area contributed by atoms with Gasteiger partial charge in [0, 0.05) is 28.1 Å². The van der Waals surface area contributed by atoms with E-state index < -0.39 is 0 Å². The van der Waals surface area contributed by atoms with E-state index in [9.17, 15) is 0 Å². The minimum absolute atomic E-state index is 0.238. The van der Waals surface area contributed by atoms with Crippen LogP contribution in [0.15, 0.2) is 36.4 Å². The van der Waals surface area contributed by atoms with Gasteiger partial charge >= 0.3 is 0 Å². The van der Waals surface area contributed by atoms with Crippen LogP contribution < -0.4 is 23.7 Å². The second-order valence-corrected chi connectivity index (χ2v) is 8.81. The van der Waals surface area contributed by atoms with Crippen LogP contribution in [0.4, 0.5) is 0 Å². The number of aromatic nitrogens is 1. The van der Waals surface area contributed by atoms with E-state index in [2.05, 4.69) is 17.0 Å². The summed E-state index contributed by atoms with van der Waals surface area (Å²) < 4.78 is 28.7. The van der Waals surface area contributed by atoms with E-state index in [0.29, 0.717) is 24.0 Å². The molecule has 2 aliphatic rings. The van der Waals surface area contributed by atoms with Crippen LogP contribution in [0.5, 0.6) is 28.9 Å². The fraction of sp³-hybridized carbons (Fsp3) is 0.370. The lowest BCUT2D eigenvalue weighted by atomic mass is 10.0. The molecule has 0 bridgehead atoms. The number of fused-ring (bicyclic) bond motifs is 6. The maximum atomic E-state index is 6.31. The Morgan fingerprint density at radius 1 is 0.853 bits per heavy atom. The van der Waals surface area contributed by atoms with Crippen molar-refractivity contribution in [2.45, 2.75) is 19.3 Å². The molecule has 3 heterocycles. The number of pyridine rings is 1. The molecule has 6 rings (SSSR count). The lowest BCUT2D eigenvalue weighted by Crippen LogP contribution is -2.22. The Balaban J connectivity index is 1.48. The fourth-order valence-corrected chi connectivity index (χ4v) is 5.05. The zero-order chi connectivity index (χ0) is 23.1. The molecule has 1 aromatic heterocycles. The molecule has 0 aliphatic carbocycles. The maximum absolute atomic E-state index is 6.31. The highest BCUT2D eigenvalue weighted by atomic mass is 16.7. The number of rotatable bonds is 7. The molecule has 0 amide bonds. The van der Waals surface area contributed by atoms with Gasteiger partial charge in [0.1, 0.15) is 0 Å². The van der Waals surface area contributed by atoms with Gasteiger partial charge in [-0.25, -0.2) is 4.98 Å². The summed E-state index contributed by atoms with van der Waals surface area (Å²) in [6, 6.07) is 12.2. The summed E-state index contributed by atoms with van der Waals surface area (Å²) in [6.45, 7) is 4.28. The monoisotopic (exact) mass is 460 g/mol. The first-order chi connectivity index (χ1) is 16.7. The number of methoxy groups -OCH3 is 2. The summed E-state index contributed by atoms with van der Waals surface area (Å²) in [6.07, 6.45) is 3.55. The summed E-state index contributed by atoms with van der Waals surface area (Å²) in [5, 5.41) is 4.99. The van der Waals surface area contributed by atoms with Crippen LogP contribution in [0.2, 0.25) is 0 Å². The summed E-state index contributed by atoms with van der Waals surface area (Å²) in [4.78, 5) is 7.53. The summed E-state index contributed by atoms with van der Waals surface area (Å²) in [7, 11) is 3.30. The molecule has 4 aromatic rings. The fourth-order valence-electron chi connectivity index (χ4n) is 5.05. The first kappa shape index (κ1) is 21.1. The molecule has 0 unspecified atom stereocenters. The largest absolute Gasteiger partial charge is 0.493 e. The molecule has 34 heavy (non-hydrogen) atoms. The van der Waals surface area contributed by atoms with Gasteiger partial charge in [0.25, 0.3) is 0 Å². The molecule has 0 N–H and O–H groups in total. The predicted molar refractivity (Wildman–Crippen MR) is 132 cm³/mol. The molecule has 3 aromatic carbocycles. The average molecular weight is 461 g/mol. The lowest BCUT2D eigenvalue weighted by Gasteiger charge is -2.17. The van der Waals surface area contributed by atoms with E-state index in [-0.39, 0.29) is 6.79 Å². The normalized spacial score (nSPS) is 15.5. The van der Waals surface area contributed by atoms with Crippen molar-refractivity contribution in [1.29, 1.82) is 0 Å². The van der Waals surface area contributed by atoms with Gasteiger partial charge in [-0.05, 0) is 62.0 Å².